The number of fused-ring (bicyclic) bond motifs is 1. The molecule has 0 radical (unpaired) electrons. The Morgan fingerprint density at radius 2 is 1.79 bits per heavy atom. The number of benzene rings is 3. The van der Waals surface area contributed by atoms with Gasteiger partial charge in [0, 0.05) is 35.5 Å². The molecule has 1 amide bonds. The minimum atomic E-state index is -2.80. The van der Waals surface area contributed by atoms with Crippen LogP contribution in [-0.4, -0.2) is 69.3 Å². The number of hydrogen-bond donors (Lipinski definition) is 3. The molecule has 0 aliphatic carbocycles. The van der Waals surface area contributed by atoms with Crippen LogP contribution >= 0.6 is 0 Å². The number of nitrogens with two attached hydrogens (primary N) is 1. The Morgan fingerprint density at radius 1 is 1.16 bits per heavy atom. The Hall–Kier alpha value is -4.16. The average molecular weight is 540 g/mol. The number of hydrogen-bond acceptors (Lipinski definition) is 7. The largest absolute Gasteiger partial charge is 0.755 e. The number of amidine groups is 1. The highest BCUT2D eigenvalue weighted by atomic mass is 32.2. The van der Waals surface area contributed by atoms with Gasteiger partial charge in [-0.25, -0.2) is 4.79 Å². The van der Waals surface area contributed by atoms with Gasteiger partial charge in [-0.05, 0) is 47.0 Å². The molecule has 3 atom stereocenters. The van der Waals surface area contributed by atoms with Gasteiger partial charge in [0.1, 0.15) is 17.9 Å². The molecule has 3 aromatic carbocycles. The molecular weight excluding hydrogens is 512 g/mol. The molecule has 4 rings (SSSR count). The van der Waals surface area contributed by atoms with Crippen molar-refractivity contribution in [1.82, 2.24) is 4.90 Å². The molecule has 1 heterocycles. The van der Waals surface area contributed by atoms with E-state index in [9.17, 15) is 23.5 Å². The van der Waals surface area contributed by atoms with Crippen LogP contribution in [0.15, 0.2) is 54.6 Å². The molecule has 1 saturated heterocycles. The van der Waals surface area contributed by atoms with Gasteiger partial charge in [0.05, 0.1) is 14.2 Å². The maximum absolute atomic E-state index is 13.4. The van der Waals surface area contributed by atoms with E-state index in [1.165, 1.54) is 19.1 Å². The third-order valence-electron chi connectivity index (χ3n) is 6.59. The van der Waals surface area contributed by atoms with Crippen LogP contribution in [0.5, 0.6) is 11.5 Å². The summed E-state index contributed by atoms with van der Waals surface area (Å²) in [5.74, 6) is -0.906. The van der Waals surface area contributed by atoms with Crippen molar-refractivity contribution in [2.75, 3.05) is 25.1 Å². The fraction of sp³-hybridized carbons (Fsp3) is 0.269. The van der Waals surface area contributed by atoms with Crippen LogP contribution in [0.25, 0.3) is 10.8 Å². The van der Waals surface area contributed by atoms with Crippen LogP contribution in [-0.2, 0) is 27.3 Å². The topological polar surface area (TPSA) is 169 Å². The first kappa shape index (κ1) is 26.9. The van der Waals surface area contributed by atoms with Crippen LogP contribution in [0.2, 0.25) is 0 Å². The Bertz CT molecular complexity index is 1410. The maximum Gasteiger partial charge on any atom is 0.326 e. The van der Waals surface area contributed by atoms with Gasteiger partial charge in [-0.15, -0.1) is 0 Å². The van der Waals surface area contributed by atoms with E-state index in [2.05, 4.69) is 0 Å². The molecule has 12 heteroatoms. The van der Waals surface area contributed by atoms with Crippen molar-refractivity contribution in [1.29, 1.82) is 5.41 Å². The summed E-state index contributed by atoms with van der Waals surface area (Å²) in [4.78, 5) is 26.8. The summed E-state index contributed by atoms with van der Waals surface area (Å²) < 4.78 is 36.3. The number of nitrogens with one attached hydrogen (secondary N) is 1. The molecule has 1 fully saturated rings. The van der Waals surface area contributed by atoms with Gasteiger partial charge in [-0.1, -0.05) is 30.3 Å². The fourth-order valence-corrected chi connectivity index (χ4v) is 5.35. The lowest BCUT2D eigenvalue weighted by atomic mass is 10.0. The summed E-state index contributed by atoms with van der Waals surface area (Å²) in [5, 5.41) is 18.9. The van der Waals surface area contributed by atoms with E-state index in [0.29, 0.717) is 28.0 Å². The van der Waals surface area contributed by atoms with Crippen molar-refractivity contribution < 1.29 is 32.9 Å². The Labute approximate surface area is 221 Å². The van der Waals surface area contributed by atoms with Gasteiger partial charge >= 0.3 is 5.97 Å². The molecule has 3 aromatic rings. The van der Waals surface area contributed by atoms with Crippen LogP contribution in [0.4, 0.5) is 5.69 Å². The minimum absolute atomic E-state index is 0.0179. The number of amides is 1. The Balaban J connectivity index is 1.61. The van der Waals surface area contributed by atoms with Crippen LogP contribution in [0.3, 0.4) is 0 Å². The number of carboxylic acids is 1. The number of nitrogens with zero attached hydrogens (tertiary/aromatic N) is 2. The van der Waals surface area contributed by atoms with Gasteiger partial charge in [-0.3, -0.25) is 18.7 Å². The van der Waals surface area contributed by atoms with E-state index < -0.39 is 35.2 Å². The third kappa shape index (κ3) is 5.27. The number of nitrogen functional groups attached to an aromatic ring is 1. The van der Waals surface area contributed by atoms with Gasteiger partial charge in [0.15, 0.2) is 11.5 Å². The molecule has 0 saturated carbocycles. The van der Waals surface area contributed by atoms with Gasteiger partial charge in [-0.2, -0.15) is 0 Å². The number of methoxy groups -OCH3 is 2. The average Bonchev–Trinajstić information content (AvgIpc) is 3.26. The molecule has 4 N–H and O–H groups in total. The molecule has 1 aliphatic rings. The number of ether oxygens (including phenoxy) is 2. The fourth-order valence-electron chi connectivity index (χ4n) is 4.66. The monoisotopic (exact) mass is 539 g/mol. The zero-order valence-corrected chi connectivity index (χ0v) is 21.6. The lowest BCUT2D eigenvalue weighted by molar-refractivity contribution is -0.148. The summed E-state index contributed by atoms with van der Waals surface area (Å²) in [6.45, 7) is 0.0816. The molecule has 1 aliphatic heterocycles. The van der Waals surface area contributed by atoms with Crippen molar-refractivity contribution in [2.24, 2.45) is 5.73 Å². The second-order valence-electron chi connectivity index (χ2n) is 8.79. The number of carboxylic acid groups (broad SMARTS) is 1. The van der Waals surface area contributed by atoms with Crippen molar-refractivity contribution >= 4 is 45.4 Å². The number of aliphatic carboxylic acids is 1. The Kier molecular flexibility index (Phi) is 7.83. The summed E-state index contributed by atoms with van der Waals surface area (Å²) in [6, 6.07) is 12.7. The summed E-state index contributed by atoms with van der Waals surface area (Å²) >= 11 is -2.80. The first-order chi connectivity index (χ1) is 18.1. The first-order valence-corrected chi connectivity index (χ1v) is 12.7. The van der Waals surface area contributed by atoms with Gasteiger partial charge in [0.25, 0.3) is 0 Å². The van der Waals surface area contributed by atoms with Crippen molar-refractivity contribution in [3.05, 3.63) is 65.7 Å². The number of carbonyl (C=O) groups excluding carboxylic acids is 1. The summed E-state index contributed by atoms with van der Waals surface area (Å²) in [6.07, 6.45) is 0.147. The lowest BCUT2D eigenvalue weighted by Gasteiger charge is -2.32. The number of rotatable bonds is 10. The number of carbonyl (C=O) groups is 2. The molecule has 11 nitrogen and oxygen atoms in total. The van der Waals surface area contributed by atoms with Crippen molar-refractivity contribution in [3.63, 3.8) is 0 Å². The van der Waals surface area contributed by atoms with E-state index >= 15 is 0 Å². The molecule has 38 heavy (non-hydrogen) atoms. The zero-order chi connectivity index (χ0) is 27.6. The lowest BCUT2D eigenvalue weighted by Crippen LogP contribution is -2.48. The standard InChI is InChI=1S/C26H28N4O7S/c1-36-22-13-17-7-8-19(12-18(17)14-23(22)37-2)30(38(34)35)20-9-10-29(25(20)31)21(26(32)33)11-15-3-5-16(6-4-15)24(27)28/h3-8,12-14,20-21H,9-11H2,1-2H3,(H3,27,28)(H,32,33)(H,34,35)/p-1. The molecule has 3 unspecified atom stereocenters. The van der Waals surface area contributed by atoms with Gasteiger partial charge in [0.2, 0.25) is 5.91 Å². The van der Waals surface area contributed by atoms with Crippen molar-refractivity contribution in [2.45, 2.75) is 24.9 Å². The zero-order valence-electron chi connectivity index (χ0n) is 20.7. The SMILES string of the molecule is COc1cc2ccc(N(C3CCN(C(Cc4ccc(C(=N)N)cc4)C(=O)O)C3=O)S(=O)[O-])cc2cc1OC. The van der Waals surface area contributed by atoms with Gasteiger partial charge < -0.3 is 29.8 Å². The number of likely N-dealkylation sites (tertiary alicyclic amines) is 1. The molecule has 0 spiro atoms. The number of anilines is 1. The van der Waals surface area contributed by atoms with Crippen LogP contribution in [0.1, 0.15) is 17.5 Å². The van der Waals surface area contributed by atoms with E-state index in [0.717, 1.165) is 9.69 Å². The highest BCUT2D eigenvalue weighted by Crippen LogP contribution is 2.35. The highest BCUT2D eigenvalue weighted by molar-refractivity contribution is 7.80. The van der Waals surface area contributed by atoms with E-state index in [-0.39, 0.29) is 30.9 Å². The quantitative estimate of drug-likeness (QED) is 0.200. The Morgan fingerprint density at radius 3 is 2.34 bits per heavy atom. The second kappa shape index (κ2) is 11.1. The van der Waals surface area contributed by atoms with E-state index in [1.54, 1.807) is 54.6 Å². The predicted octanol–water partition coefficient (Wildman–Crippen LogP) is 2.04. The molecular formula is C26H27N4O7S-. The smallest absolute Gasteiger partial charge is 0.326 e. The van der Waals surface area contributed by atoms with Crippen molar-refractivity contribution in [3.8, 4) is 11.5 Å². The second-order valence-corrected chi connectivity index (χ2v) is 9.61. The van der Waals surface area contributed by atoms with Crippen LogP contribution < -0.4 is 19.5 Å². The van der Waals surface area contributed by atoms with E-state index in [1.807, 2.05) is 0 Å². The summed E-state index contributed by atoms with van der Waals surface area (Å²) in [7, 11) is 3.01. The van der Waals surface area contributed by atoms with Crippen LogP contribution in [0, 0.1) is 5.41 Å². The predicted molar refractivity (Wildman–Crippen MR) is 141 cm³/mol. The third-order valence-corrected chi connectivity index (χ3v) is 7.38. The normalized spacial score (nSPS) is 16.8. The minimum Gasteiger partial charge on any atom is -0.755 e. The molecule has 0 bridgehead atoms. The first-order valence-electron chi connectivity index (χ1n) is 11.7. The maximum atomic E-state index is 13.4. The highest BCUT2D eigenvalue weighted by Gasteiger charge is 2.42. The van der Waals surface area contributed by atoms with E-state index in [4.69, 9.17) is 20.6 Å². The summed E-state index contributed by atoms with van der Waals surface area (Å²) in [5.41, 5.74) is 6.88. The molecule has 0 aromatic heterocycles. The molecule has 200 valence electrons.